The first-order valence-electron chi connectivity index (χ1n) is 5.62. The molecule has 1 aliphatic rings. The molecular formula is C12H13FN2O3. The van der Waals surface area contributed by atoms with E-state index >= 15 is 0 Å². The van der Waals surface area contributed by atoms with Crippen LogP contribution in [0, 0.1) is 17.8 Å². The molecule has 0 bridgehead atoms. The maximum Gasteiger partial charge on any atom is 0.306 e. The molecule has 1 saturated heterocycles. The largest absolute Gasteiger partial charge is 0.481 e. The Morgan fingerprint density at radius 2 is 2.17 bits per heavy atom. The maximum atomic E-state index is 12.6. The number of halogens is 1. The number of carbonyl (C=O) groups is 2. The van der Waals surface area contributed by atoms with Gasteiger partial charge >= 0.3 is 5.97 Å². The fraction of sp³-hybridized carbons (Fsp3) is 0.417. The minimum absolute atomic E-state index is 0.0140. The predicted octanol–water partition coefficient (Wildman–Crippen LogP) is 1.01. The molecule has 1 N–H and O–H groups in total. The van der Waals surface area contributed by atoms with E-state index in [1.165, 1.54) is 12.3 Å². The Morgan fingerprint density at radius 1 is 1.50 bits per heavy atom. The van der Waals surface area contributed by atoms with Gasteiger partial charge in [0.15, 0.2) is 0 Å². The van der Waals surface area contributed by atoms with Crippen molar-refractivity contribution >= 4 is 11.9 Å². The first-order valence-corrected chi connectivity index (χ1v) is 5.62. The Balaban J connectivity index is 1.94. The summed E-state index contributed by atoms with van der Waals surface area (Å²) in [4.78, 5) is 27.6. The van der Waals surface area contributed by atoms with Crippen LogP contribution in [0.4, 0.5) is 4.39 Å². The number of pyridine rings is 1. The lowest BCUT2D eigenvalue weighted by atomic mass is 9.87. The van der Waals surface area contributed by atoms with Crippen molar-refractivity contribution in [2.75, 3.05) is 13.1 Å². The highest BCUT2D eigenvalue weighted by Gasteiger charge is 2.37. The number of rotatable bonds is 3. The van der Waals surface area contributed by atoms with Gasteiger partial charge < -0.3 is 10.0 Å². The van der Waals surface area contributed by atoms with Gasteiger partial charge in [-0.3, -0.25) is 9.59 Å². The molecular weight excluding hydrogens is 239 g/mol. The molecule has 1 aromatic rings. The second-order valence-electron chi connectivity index (χ2n) is 4.47. The standard InChI is InChI=1S/C12H13FN2O3/c1-7(12(17)18)9-5-15(6-9)11(16)8-2-3-10(13)14-4-8/h2-4,7,9H,5-6H2,1H3,(H,17,18). The van der Waals surface area contributed by atoms with Gasteiger partial charge in [0, 0.05) is 25.2 Å². The van der Waals surface area contributed by atoms with Crippen LogP contribution in [0.15, 0.2) is 18.3 Å². The molecule has 1 fully saturated rings. The van der Waals surface area contributed by atoms with Gasteiger partial charge in [-0.15, -0.1) is 0 Å². The Bertz CT molecular complexity index is 469. The lowest BCUT2D eigenvalue weighted by Gasteiger charge is -2.41. The molecule has 0 radical (unpaired) electrons. The number of aliphatic carboxylic acids is 1. The number of hydrogen-bond donors (Lipinski definition) is 1. The summed E-state index contributed by atoms with van der Waals surface area (Å²) in [5.74, 6) is -2.19. The first-order chi connectivity index (χ1) is 8.49. The number of hydrogen-bond acceptors (Lipinski definition) is 3. The highest BCUT2D eigenvalue weighted by Crippen LogP contribution is 2.25. The SMILES string of the molecule is CC(C(=O)O)C1CN(C(=O)c2ccc(F)nc2)C1. The predicted molar refractivity (Wildman–Crippen MR) is 60.4 cm³/mol. The van der Waals surface area contributed by atoms with E-state index in [1.807, 2.05) is 0 Å². The Hall–Kier alpha value is -1.98. The van der Waals surface area contributed by atoms with Crippen molar-refractivity contribution in [2.24, 2.45) is 11.8 Å². The number of carbonyl (C=O) groups excluding carboxylic acids is 1. The van der Waals surface area contributed by atoms with Crippen molar-refractivity contribution in [1.82, 2.24) is 9.88 Å². The van der Waals surface area contributed by atoms with Crippen molar-refractivity contribution in [3.8, 4) is 0 Å². The van der Waals surface area contributed by atoms with E-state index in [0.717, 1.165) is 6.07 Å². The summed E-state index contributed by atoms with van der Waals surface area (Å²) in [6, 6.07) is 2.50. The van der Waals surface area contributed by atoms with Gasteiger partial charge in [-0.05, 0) is 12.1 Å². The van der Waals surface area contributed by atoms with E-state index < -0.39 is 17.8 Å². The molecule has 1 amide bonds. The number of amides is 1. The Kier molecular flexibility index (Phi) is 3.27. The summed E-state index contributed by atoms with van der Waals surface area (Å²) < 4.78 is 12.6. The maximum absolute atomic E-state index is 12.6. The smallest absolute Gasteiger partial charge is 0.306 e. The number of nitrogens with zero attached hydrogens (tertiary/aromatic N) is 2. The average Bonchev–Trinajstić information content (AvgIpc) is 2.27. The van der Waals surface area contributed by atoms with Crippen LogP contribution in [0.5, 0.6) is 0 Å². The lowest BCUT2D eigenvalue weighted by Crippen LogP contribution is -2.53. The second-order valence-corrected chi connectivity index (χ2v) is 4.47. The third-order valence-electron chi connectivity index (χ3n) is 3.27. The van der Waals surface area contributed by atoms with Crippen LogP contribution < -0.4 is 0 Å². The van der Waals surface area contributed by atoms with Crippen molar-refractivity contribution in [3.63, 3.8) is 0 Å². The molecule has 0 aliphatic carbocycles. The van der Waals surface area contributed by atoms with Crippen molar-refractivity contribution in [3.05, 3.63) is 29.8 Å². The van der Waals surface area contributed by atoms with Gasteiger partial charge in [0.2, 0.25) is 5.95 Å². The molecule has 1 aromatic heterocycles. The summed E-state index contributed by atoms with van der Waals surface area (Å²) >= 11 is 0. The molecule has 1 unspecified atom stereocenters. The topological polar surface area (TPSA) is 70.5 Å². The molecule has 0 saturated carbocycles. The third kappa shape index (κ3) is 2.32. The van der Waals surface area contributed by atoms with Crippen LogP contribution in [0.1, 0.15) is 17.3 Å². The average molecular weight is 252 g/mol. The quantitative estimate of drug-likeness (QED) is 0.815. The van der Waals surface area contributed by atoms with Crippen LogP contribution in [0.2, 0.25) is 0 Å². The minimum atomic E-state index is -0.851. The third-order valence-corrected chi connectivity index (χ3v) is 3.27. The van der Waals surface area contributed by atoms with E-state index in [9.17, 15) is 14.0 Å². The Labute approximate surface area is 103 Å². The highest BCUT2D eigenvalue weighted by atomic mass is 19.1. The zero-order chi connectivity index (χ0) is 13.3. The number of carboxylic acid groups (broad SMARTS) is 1. The van der Waals surface area contributed by atoms with Crippen LogP contribution >= 0.6 is 0 Å². The van der Waals surface area contributed by atoms with Crippen LogP contribution in [0.25, 0.3) is 0 Å². The van der Waals surface area contributed by atoms with Gasteiger partial charge in [0.1, 0.15) is 0 Å². The molecule has 5 nitrogen and oxygen atoms in total. The summed E-state index contributed by atoms with van der Waals surface area (Å²) in [5.41, 5.74) is 0.317. The Morgan fingerprint density at radius 3 is 2.67 bits per heavy atom. The van der Waals surface area contributed by atoms with Crippen LogP contribution in [0.3, 0.4) is 0 Å². The van der Waals surface area contributed by atoms with Gasteiger partial charge in [-0.25, -0.2) is 4.98 Å². The highest BCUT2D eigenvalue weighted by molar-refractivity contribution is 5.94. The summed E-state index contributed by atoms with van der Waals surface area (Å²) in [7, 11) is 0. The number of aromatic nitrogens is 1. The molecule has 96 valence electrons. The molecule has 6 heteroatoms. The van der Waals surface area contributed by atoms with Crippen LogP contribution in [-0.2, 0) is 4.79 Å². The molecule has 1 aliphatic heterocycles. The zero-order valence-corrected chi connectivity index (χ0v) is 9.84. The van der Waals surface area contributed by atoms with Crippen molar-refractivity contribution < 1.29 is 19.1 Å². The van der Waals surface area contributed by atoms with E-state index in [0.29, 0.717) is 18.7 Å². The number of likely N-dealkylation sites (tertiary alicyclic amines) is 1. The summed E-state index contributed by atoms with van der Waals surface area (Å²) in [6.07, 6.45) is 1.19. The second kappa shape index (κ2) is 4.72. The van der Waals surface area contributed by atoms with Crippen molar-refractivity contribution in [2.45, 2.75) is 6.92 Å². The molecule has 2 heterocycles. The van der Waals surface area contributed by atoms with Gasteiger partial charge in [0.25, 0.3) is 5.91 Å². The van der Waals surface area contributed by atoms with Crippen molar-refractivity contribution in [1.29, 1.82) is 0 Å². The number of carboxylic acids is 1. The zero-order valence-electron chi connectivity index (χ0n) is 9.84. The molecule has 1 atom stereocenters. The summed E-state index contributed by atoms with van der Waals surface area (Å²) in [5, 5.41) is 8.83. The normalized spacial score (nSPS) is 17.1. The van der Waals surface area contributed by atoms with Gasteiger partial charge in [-0.1, -0.05) is 6.92 Å². The van der Waals surface area contributed by atoms with E-state index in [2.05, 4.69) is 4.98 Å². The van der Waals surface area contributed by atoms with Gasteiger partial charge in [-0.2, -0.15) is 4.39 Å². The lowest BCUT2D eigenvalue weighted by molar-refractivity contribution is -0.144. The van der Waals surface area contributed by atoms with Crippen LogP contribution in [-0.4, -0.2) is 40.0 Å². The molecule has 0 aromatic carbocycles. The van der Waals surface area contributed by atoms with E-state index in [1.54, 1.807) is 11.8 Å². The molecule has 0 spiro atoms. The van der Waals surface area contributed by atoms with Gasteiger partial charge in [0.05, 0.1) is 11.5 Å². The molecule has 2 rings (SSSR count). The fourth-order valence-electron chi connectivity index (χ4n) is 1.88. The summed E-state index contributed by atoms with van der Waals surface area (Å²) in [6.45, 7) is 2.47. The van der Waals surface area contributed by atoms with E-state index in [4.69, 9.17) is 5.11 Å². The van der Waals surface area contributed by atoms with E-state index in [-0.39, 0.29) is 11.8 Å². The molecule has 18 heavy (non-hydrogen) atoms. The monoisotopic (exact) mass is 252 g/mol. The minimum Gasteiger partial charge on any atom is -0.481 e. The fourth-order valence-corrected chi connectivity index (χ4v) is 1.88. The first kappa shape index (κ1) is 12.5.